The van der Waals surface area contributed by atoms with Gasteiger partial charge in [-0.15, -0.1) is 11.8 Å². The van der Waals surface area contributed by atoms with Gasteiger partial charge in [0.1, 0.15) is 17.7 Å². The highest BCUT2D eigenvalue weighted by Crippen LogP contribution is 2.40. The Morgan fingerprint density at radius 1 is 1.11 bits per heavy atom. The fourth-order valence-electron chi connectivity index (χ4n) is 2.03. The molecule has 0 spiro atoms. The lowest BCUT2D eigenvalue weighted by Gasteiger charge is -2.09. The van der Waals surface area contributed by atoms with Crippen molar-refractivity contribution in [2.45, 2.75) is 19.3 Å². The number of hydrogen-bond acceptors (Lipinski definition) is 5. The topological polar surface area (TPSA) is 95.2 Å². The summed E-state index contributed by atoms with van der Waals surface area (Å²) in [4.78, 5) is 0.614. The van der Waals surface area contributed by atoms with E-state index in [1.807, 2.05) is 24.3 Å². The molecule has 0 saturated carbocycles. The Balaban J connectivity index is 3.39. The van der Waals surface area contributed by atoms with Gasteiger partial charge in [-0.3, -0.25) is 0 Å². The molecule has 0 saturated heterocycles. The van der Waals surface area contributed by atoms with Gasteiger partial charge < -0.3 is 0 Å². The van der Waals surface area contributed by atoms with E-state index in [0.29, 0.717) is 11.3 Å². The van der Waals surface area contributed by atoms with Crippen LogP contribution in [0.3, 0.4) is 0 Å². The van der Waals surface area contributed by atoms with Crippen LogP contribution in [0.2, 0.25) is 0 Å². The smallest absolute Gasteiger partial charge is 0.154 e. The van der Waals surface area contributed by atoms with E-state index in [-0.39, 0.29) is 5.57 Å². The first kappa shape index (κ1) is 13.9. The number of rotatable bonds is 3. The molecule has 1 aliphatic rings. The maximum absolute atomic E-state index is 8.95. The summed E-state index contributed by atoms with van der Waals surface area (Å²) < 4.78 is 0. The van der Waals surface area contributed by atoms with Gasteiger partial charge in [0.05, 0.1) is 12.1 Å². The average molecular weight is 254 g/mol. The molecule has 4 nitrogen and oxygen atoms in total. The molecule has 1 aliphatic carbocycles. The van der Waals surface area contributed by atoms with E-state index >= 15 is 0 Å². The summed E-state index contributed by atoms with van der Waals surface area (Å²) in [6.07, 6.45) is 4.06. The molecule has 0 aromatic rings. The quantitative estimate of drug-likeness (QED) is 0.721. The van der Waals surface area contributed by atoms with Crippen LogP contribution in [-0.2, 0) is 0 Å². The Morgan fingerprint density at radius 2 is 1.72 bits per heavy atom. The second-order valence-corrected chi connectivity index (χ2v) is 4.50. The minimum Gasteiger partial charge on any atom is -0.197 e. The van der Waals surface area contributed by atoms with E-state index in [2.05, 4.69) is 0 Å². The standard InChI is InChI=1S/C13H10N4S/c1-18-13(10(7-16)8-17)12-4-2-3-11(12)9(5-14)6-15/h9H,2-4H2,1H3. The first-order valence-electron chi connectivity index (χ1n) is 5.33. The summed E-state index contributed by atoms with van der Waals surface area (Å²) in [6, 6.07) is 7.67. The number of allylic oxidation sites excluding steroid dienone is 3. The molecular weight excluding hydrogens is 244 g/mol. The van der Waals surface area contributed by atoms with Gasteiger partial charge in [0.15, 0.2) is 5.92 Å². The van der Waals surface area contributed by atoms with Crippen LogP contribution >= 0.6 is 11.8 Å². The van der Waals surface area contributed by atoms with Crippen LogP contribution in [0.4, 0.5) is 0 Å². The predicted octanol–water partition coefficient (Wildman–Crippen LogP) is 2.79. The van der Waals surface area contributed by atoms with Crippen molar-refractivity contribution in [3.8, 4) is 24.3 Å². The van der Waals surface area contributed by atoms with Crippen molar-refractivity contribution in [1.29, 1.82) is 21.0 Å². The van der Waals surface area contributed by atoms with Gasteiger partial charge >= 0.3 is 0 Å². The minimum absolute atomic E-state index is 0.0616. The molecular formula is C13H10N4S. The predicted molar refractivity (Wildman–Crippen MR) is 67.4 cm³/mol. The van der Waals surface area contributed by atoms with E-state index in [9.17, 15) is 0 Å². The van der Waals surface area contributed by atoms with Gasteiger partial charge in [-0.2, -0.15) is 21.0 Å². The highest BCUT2D eigenvalue weighted by Gasteiger charge is 2.26. The lowest BCUT2D eigenvalue weighted by molar-refractivity contribution is 0.852. The Kier molecular flexibility index (Phi) is 5.01. The Bertz CT molecular complexity index is 542. The molecule has 0 aliphatic heterocycles. The van der Waals surface area contributed by atoms with Gasteiger partial charge in [0.2, 0.25) is 0 Å². The molecule has 0 N–H and O–H groups in total. The molecule has 88 valence electrons. The van der Waals surface area contributed by atoms with E-state index in [0.717, 1.165) is 24.0 Å². The highest BCUT2D eigenvalue weighted by atomic mass is 32.2. The zero-order valence-electron chi connectivity index (χ0n) is 9.90. The Labute approximate surface area is 110 Å². The van der Waals surface area contributed by atoms with Crippen molar-refractivity contribution in [2.24, 2.45) is 5.92 Å². The van der Waals surface area contributed by atoms with E-state index in [1.165, 1.54) is 11.8 Å². The largest absolute Gasteiger partial charge is 0.197 e. The second-order valence-electron chi connectivity index (χ2n) is 3.68. The van der Waals surface area contributed by atoms with Crippen molar-refractivity contribution < 1.29 is 0 Å². The average Bonchev–Trinajstić information content (AvgIpc) is 2.86. The van der Waals surface area contributed by atoms with Gasteiger partial charge in [-0.1, -0.05) is 0 Å². The highest BCUT2D eigenvalue weighted by molar-refractivity contribution is 8.02. The molecule has 0 radical (unpaired) electrons. The van der Waals surface area contributed by atoms with Crippen LogP contribution in [0.25, 0.3) is 0 Å². The molecule has 0 heterocycles. The SMILES string of the molecule is CSC(=C(C#N)C#N)C1=C(C(C#N)C#N)CCC1. The molecule has 0 aromatic carbocycles. The van der Waals surface area contributed by atoms with Gasteiger partial charge in [-0.25, -0.2) is 0 Å². The first-order valence-corrected chi connectivity index (χ1v) is 6.55. The monoisotopic (exact) mass is 254 g/mol. The van der Waals surface area contributed by atoms with Gasteiger partial charge in [0, 0.05) is 4.91 Å². The van der Waals surface area contributed by atoms with Crippen molar-refractivity contribution >= 4 is 11.8 Å². The fraction of sp³-hybridized carbons (Fsp3) is 0.385. The van der Waals surface area contributed by atoms with Crippen LogP contribution in [0.1, 0.15) is 19.3 Å². The number of hydrogen-bond donors (Lipinski definition) is 0. The van der Waals surface area contributed by atoms with Crippen LogP contribution in [0.5, 0.6) is 0 Å². The summed E-state index contributed by atoms with van der Waals surface area (Å²) >= 11 is 1.32. The summed E-state index contributed by atoms with van der Waals surface area (Å²) in [5.74, 6) is -0.775. The Morgan fingerprint density at radius 3 is 2.17 bits per heavy atom. The molecule has 0 unspecified atom stereocenters. The molecule has 0 atom stereocenters. The summed E-state index contributed by atoms with van der Waals surface area (Å²) in [5, 5.41) is 35.8. The lowest BCUT2D eigenvalue weighted by Crippen LogP contribution is -2.00. The molecule has 0 fully saturated rings. The van der Waals surface area contributed by atoms with Crippen LogP contribution in [-0.4, -0.2) is 6.26 Å². The van der Waals surface area contributed by atoms with Crippen molar-refractivity contribution in [1.82, 2.24) is 0 Å². The number of thioether (sulfide) groups is 1. The fourth-order valence-corrected chi connectivity index (χ4v) is 2.81. The molecule has 0 aromatic heterocycles. The first-order chi connectivity index (χ1) is 8.73. The number of nitrogens with zero attached hydrogens (tertiary/aromatic N) is 4. The van der Waals surface area contributed by atoms with Crippen LogP contribution < -0.4 is 0 Å². The molecule has 18 heavy (non-hydrogen) atoms. The third-order valence-corrected chi connectivity index (χ3v) is 3.65. The molecule has 1 rings (SSSR count). The van der Waals surface area contributed by atoms with Crippen LogP contribution in [0, 0.1) is 51.2 Å². The normalized spacial score (nSPS) is 13.4. The maximum Gasteiger partial charge on any atom is 0.154 e. The zero-order chi connectivity index (χ0) is 13.5. The Hall–Kier alpha value is -2.21. The van der Waals surface area contributed by atoms with Crippen molar-refractivity contribution in [3.63, 3.8) is 0 Å². The van der Waals surface area contributed by atoms with E-state index < -0.39 is 5.92 Å². The molecule has 0 amide bonds. The van der Waals surface area contributed by atoms with E-state index in [4.69, 9.17) is 21.0 Å². The van der Waals surface area contributed by atoms with Gasteiger partial charge in [-0.05, 0) is 36.7 Å². The molecule has 5 heteroatoms. The van der Waals surface area contributed by atoms with Crippen molar-refractivity contribution in [3.05, 3.63) is 21.6 Å². The third kappa shape index (κ3) is 2.54. The minimum atomic E-state index is -0.775. The lowest BCUT2D eigenvalue weighted by atomic mass is 9.97. The van der Waals surface area contributed by atoms with Gasteiger partial charge in [0.25, 0.3) is 0 Å². The number of nitriles is 4. The second kappa shape index (κ2) is 6.51. The van der Waals surface area contributed by atoms with Crippen LogP contribution in [0.15, 0.2) is 21.6 Å². The summed E-state index contributed by atoms with van der Waals surface area (Å²) in [7, 11) is 0. The summed E-state index contributed by atoms with van der Waals surface area (Å²) in [6.45, 7) is 0. The zero-order valence-corrected chi connectivity index (χ0v) is 10.7. The third-order valence-electron chi connectivity index (χ3n) is 2.80. The summed E-state index contributed by atoms with van der Waals surface area (Å²) in [5.41, 5.74) is 1.67. The maximum atomic E-state index is 8.95. The van der Waals surface area contributed by atoms with Crippen molar-refractivity contribution in [2.75, 3.05) is 6.26 Å². The molecule has 0 bridgehead atoms. The van der Waals surface area contributed by atoms with E-state index in [1.54, 1.807) is 6.26 Å².